The van der Waals surface area contributed by atoms with Crippen LogP contribution in [-0.4, -0.2) is 67.2 Å². The van der Waals surface area contributed by atoms with Crippen LogP contribution in [0.5, 0.6) is 0 Å². The maximum absolute atomic E-state index is 13.4. The Hall–Kier alpha value is -1.59. The number of nitrogens with zero attached hydrogens (tertiary/aromatic N) is 3. The molecule has 1 aromatic rings. The number of benzene rings is 1. The van der Waals surface area contributed by atoms with Crippen molar-refractivity contribution in [2.24, 2.45) is 5.92 Å². The summed E-state index contributed by atoms with van der Waals surface area (Å²) in [5.74, 6) is 0.191. The quantitative estimate of drug-likeness (QED) is 0.537. The van der Waals surface area contributed by atoms with Crippen LogP contribution in [0, 0.1) is 16.0 Å². The highest BCUT2D eigenvalue weighted by atomic mass is 32.2. The summed E-state index contributed by atoms with van der Waals surface area (Å²) in [5, 5.41) is 13.1. The van der Waals surface area contributed by atoms with Crippen molar-refractivity contribution in [3.8, 4) is 0 Å². The maximum atomic E-state index is 13.4. The van der Waals surface area contributed by atoms with Crippen LogP contribution in [0.2, 0.25) is 0 Å². The molecule has 9 nitrogen and oxygen atoms in total. The minimum Gasteiger partial charge on any atom is -0.374 e. The summed E-state index contributed by atoms with van der Waals surface area (Å²) in [5.41, 5.74) is -0.866. The van der Waals surface area contributed by atoms with Gasteiger partial charge in [-0.25, -0.2) is 8.42 Å². The van der Waals surface area contributed by atoms with E-state index in [0.717, 1.165) is 0 Å². The fourth-order valence-corrected chi connectivity index (χ4v) is 5.70. The Morgan fingerprint density at radius 1 is 1.32 bits per heavy atom. The minimum absolute atomic E-state index is 0.173. The van der Waals surface area contributed by atoms with E-state index in [1.165, 1.54) is 28.6 Å². The number of nitro groups is 1. The molecule has 0 aromatic heterocycles. The number of hydrogen-bond acceptors (Lipinski definition) is 7. The number of rotatable bonds is 5. The van der Waals surface area contributed by atoms with E-state index >= 15 is 0 Å². The minimum atomic E-state index is -4.09. The molecule has 0 N–H and O–H groups in total. The topological polar surface area (TPSA) is 102 Å². The molecule has 3 unspecified atom stereocenters. The van der Waals surface area contributed by atoms with E-state index in [2.05, 4.69) is 0 Å². The Bertz CT molecular complexity index is 838. The summed E-state index contributed by atoms with van der Waals surface area (Å²) < 4.78 is 34.2. The molecular weight excluding hydrogens is 386 g/mol. The fraction of sp³-hybridized carbons (Fsp3) is 0.667. The van der Waals surface area contributed by atoms with Crippen LogP contribution in [0.3, 0.4) is 0 Å². The normalized spacial score (nSPS) is 26.9. The molecule has 0 amide bonds. The number of sulfonamides is 1. The molecule has 0 bridgehead atoms. The first-order valence-electron chi connectivity index (χ1n) is 9.27. The molecule has 2 aliphatic heterocycles. The fourth-order valence-electron chi connectivity index (χ4n) is 3.90. The Morgan fingerprint density at radius 3 is 2.64 bits per heavy atom. The predicted octanol–water partition coefficient (Wildman–Crippen LogP) is 2.03. The zero-order chi connectivity index (χ0) is 20.7. The van der Waals surface area contributed by atoms with Crippen LogP contribution in [-0.2, 0) is 19.6 Å². The summed E-state index contributed by atoms with van der Waals surface area (Å²) >= 11 is 0. The number of para-hydroxylation sites is 1. The third-order valence-corrected chi connectivity index (χ3v) is 7.19. The number of hydroxylamine groups is 2. The molecule has 2 saturated heterocycles. The molecule has 3 atom stereocenters. The van der Waals surface area contributed by atoms with Crippen LogP contribution in [0.25, 0.3) is 0 Å². The number of ether oxygens (including phenoxy) is 1. The molecule has 0 radical (unpaired) electrons. The summed E-state index contributed by atoms with van der Waals surface area (Å²) in [4.78, 5) is 16.1. The van der Waals surface area contributed by atoms with Gasteiger partial charge in [0.2, 0.25) is 10.0 Å². The molecule has 2 aliphatic rings. The Balaban J connectivity index is 2.01. The van der Waals surface area contributed by atoms with E-state index < -0.39 is 32.3 Å². The third-order valence-electron chi connectivity index (χ3n) is 5.22. The van der Waals surface area contributed by atoms with Crippen LogP contribution < -0.4 is 0 Å². The predicted molar refractivity (Wildman–Crippen MR) is 102 cm³/mol. The largest absolute Gasteiger partial charge is 0.374 e. The van der Waals surface area contributed by atoms with Gasteiger partial charge in [-0.05, 0) is 33.3 Å². The smallest absolute Gasteiger partial charge is 0.289 e. The maximum Gasteiger partial charge on any atom is 0.289 e. The second-order valence-corrected chi connectivity index (χ2v) is 10.1. The van der Waals surface area contributed by atoms with E-state index in [-0.39, 0.29) is 30.0 Å². The van der Waals surface area contributed by atoms with Crippen LogP contribution in [0.15, 0.2) is 29.2 Å². The molecule has 10 heteroatoms. The Labute approximate surface area is 165 Å². The number of hydrogen-bond donors (Lipinski definition) is 0. The average molecular weight is 413 g/mol. The van der Waals surface area contributed by atoms with Gasteiger partial charge in [0, 0.05) is 25.6 Å². The van der Waals surface area contributed by atoms with Gasteiger partial charge < -0.3 is 4.74 Å². The molecular formula is C18H27N3O6S. The molecule has 2 heterocycles. The molecule has 28 heavy (non-hydrogen) atoms. The lowest BCUT2D eigenvalue weighted by Gasteiger charge is -2.43. The Kier molecular flexibility index (Phi) is 5.79. The lowest BCUT2D eigenvalue weighted by atomic mass is 9.88. The summed E-state index contributed by atoms with van der Waals surface area (Å²) in [7, 11) is -2.30. The van der Waals surface area contributed by atoms with Gasteiger partial charge in [-0.1, -0.05) is 12.1 Å². The zero-order valence-corrected chi connectivity index (χ0v) is 17.4. The summed E-state index contributed by atoms with van der Waals surface area (Å²) in [6.07, 6.45) is 0.626. The van der Waals surface area contributed by atoms with Gasteiger partial charge in [0.15, 0.2) is 4.90 Å². The Morgan fingerprint density at radius 2 is 2.00 bits per heavy atom. The number of piperidine rings is 1. The molecule has 156 valence electrons. The number of nitro benzene ring substituents is 1. The van der Waals surface area contributed by atoms with Crippen LogP contribution in [0.4, 0.5) is 5.69 Å². The van der Waals surface area contributed by atoms with E-state index in [1.807, 2.05) is 20.8 Å². The summed E-state index contributed by atoms with van der Waals surface area (Å²) in [6.45, 7) is 6.70. The van der Waals surface area contributed by atoms with Crippen molar-refractivity contribution in [2.45, 2.75) is 49.8 Å². The van der Waals surface area contributed by atoms with Gasteiger partial charge in [0.05, 0.1) is 35.8 Å². The lowest BCUT2D eigenvalue weighted by molar-refractivity contribution is -0.387. The number of fused-ring (bicyclic) bond motifs is 1. The number of likely N-dealkylation sites (N-methyl/N-ethyl adjacent to an activating group) is 1. The van der Waals surface area contributed by atoms with Crippen molar-refractivity contribution in [1.29, 1.82) is 0 Å². The molecule has 0 spiro atoms. The molecule has 3 rings (SSSR count). The van der Waals surface area contributed by atoms with E-state index in [4.69, 9.17) is 9.57 Å². The highest BCUT2D eigenvalue weighted by Gasteiger charge is 2.50. The van der Waals surface area contributed by atoms with Gasteiger partial charge in [-0.3, -0.25) is 15.0 Å². The van der Waals surface area contributed by atoms with Crippen molar-refractivity contribution < 1.29 is 22.9 Å². The first-order valence-corrected chi connectivity index (χ1v) is 10.7. The van der Waals surface area contributed by atoms with E-state index in [0.29, 0.717) is 13.0 Å². The zero-order valence-electron chi connectivity index (χ0n) is 16.6. The van der Waals surface area contributed by atoms with Gasteiger partial charge in [0.25, 0.3) is 5.69 Å². The van der Waals surface area contributed by atoms with Crippen LogP contribution >= 0.6 is 0 Å². The second-order valence-electron chi connectivity index (χ2n) is 8.21. The first-order chi connectivity index (χ1) is 13.0. The third kappa shape index (κ3) is 4.06. The van der Waals surface area contributed by atoms with Crippen molar-refractivity contribution in [1.82, 2.24) is 9.37 Å². The van der Waals surface area contributed by atoms with E-state index in [1.54, 1.807) is 12.1 Å². The van der Waals surface area contributed by atoms with Gasteiger partial charge in [0.1, 0.15) is 0 Å². The molecule has 2 fully saturated rings. The SMILES string of the molecule is CN1OCC2CCN(S(=O)(=O)c3ccccc3[N+](=O)[O-])C(COC(C)(C)C)C21. The van der Waals surface area contributed by atoms with Crippen molar-refractivity contribution >= 4 is 15.7 Å². The summed E-state index contributed by atoms with van der Waals surface area (Å²) in [6, 6.07) is 4.78. The van der Waals surface area contributed by atoms with Gasteiger partial charge >= 0.3 is 0 Å². The van der Waals surface area contributed by atoms with Crippen molar-refractivity contribution in [2.75, 3.05) is 26.8 Å². The van der Waals surface area contributed by atoms with E-state index in [9.17, 15) is 18.5 Å². The highest BCUT2D eigenvalue weighted by Crippen LogP contribution is 2.37. The molecule has 0 saturated carbocycles. The van der Waals surface area contributed by atoms with Crippen molar-refractivity contribution in [3.63, 3.8) is 0 Å². The standard InChI is InChI=1S/C18H27N3O6S/c1-18(2,3)26-12-15-17-13(11-27-19(17)4)9-10-20(15)28(24,25)16-8-6-5-7-14(16)21(22)23/h5-8,13,15,17H,9-12H2,1-4H3. The van der Waals surface area contributed by atoms with Crippen LogP contribution in [0.1, 0.15) is 27.2 Å². The highest BCUT2D eigenvalue weighted by molar-refractivity contribution is 7.89. The van der Waals surface area contributed by atoms with Gasteiger partial charge in [-0.2, -0.15) is 9.37 Å². The lowest BCUT2D eigenvalue weighted by Crippen LogP contribution is -2.59. The van der Waals surface area contributed by atoms with Gasteiger partial charge in [-0.15, -0.1) is 0 Å². The average Bonchev–Trinajstić information content (AvgIpc) is 3.00. The monoisotopic (exact) mass is 413 g/mol. The first kappa shape index (κ1) is 21.1. The second kappa shape index (κ2) is 7.68. The molecule has 0 aliphatic carbocycles. The molecule has 1 aromatic carbocycles. The van der Waals surface area contributed by atoms with Crippen molar-refractivity contribution in [3.05, 3.63) is 34.4 Å².